The lowest BCUT2D eigenvalue weighted by Gasteiger charge is -2.14. The first-order chi connectivity index (χ1) is 6.97. The molecule has 0 saturated heterocycles. The van der Waals surface area contributed by atoms with E-state index in [2.05, 4.69) is 4.72 Å². The molecule has 1 unspecified atom stereocenters. The number of furan rings is 1. The van der Waals surface area contributed by atoms with E-state index in [0.29, 0.717) is 0 Å². The van der Waals surface area contributed by atoms with Crippen molar-refractivity contribution in [2.24, 2.45) is 0 Å². The summed E-state index contributed by atoms with van der Waals surface area (Å²) in [5.41, 5.74) is 0. The highest BCUT2D eigenvalue weighted by Gasteiger charge is 2.22. The Kier molecular flexibility index (Phi) is 3.47. The maximum atomic E-state index is 11.4. The van der Waals surface area contributed by atoms with Crippen LogP contribution in [0.2, 0.25) is 0 Å². The van der Waals surface area contributed by atoms with E-state index in [4.69, 9.17) is 9.68 Å². The van der Waals surface area contributed by atoms with Crippen LogP contribution in [0.1, 0.15) is 11.8 Å². The van der Waals surface area contributed by atoms with Gasteiger partial charge in [0, 0.05) is 14.1 Å². The van der Waals surface area contributed by atoms with Crippen LogP contribution in [-0.2, 0) is 10.2 Å². The summed E-state index contributed by atoms with van der Waals surface area (Å²) >= 11 is 0. The van der Waals surface area contributed by atoms with Gasteiger partial charge in [-0.2, -0.15) is 22.7 Å². The highest BCUT2D eigenvalue weighted by Crippen LogP contribution is 2.13. The average molecular weight is 229 g/mol. The lowest BCUT2D eigenvalue weighted by molar-refractivity contribution is 0.461. The van der Waals surface area contributed by atoms with Crippen molar-refractivity contribution in [1.82, 2.24) is 9.03 Å². The van der Waals surface area contributed by atoms with E-state index in [9.17, 15) is 8.42 Å². The van der Waals surface area contributed by atoms with Crippen LogP contribution in [-0.4, -0.2) is 26.8 Å². The second kappa shape index (κ2) is 4.44. The fraction of sp³-hybridized carbons (Fsp3) is 0.375. The number of nitrogens with one attached hydrogen (secondary N) is 1. The summed E-state index contributed by atoms with van der Waals surface area (Å²) in [4.78, 5) is 0. The zero-order valence-electron chi connectivity index (χ0n) is 8.34. The minimum atomic E-state index is -3.63. The van der Waals surface area contributed by atoms with Gasteiger partial charge in [0.05, 0.1) is 12.3 Å². The summed E-state index contributed by atoms with van der Waals surface area (Å²) < 4.78 is 31.0. The molecule has 0 saturated carbocycles. The number of rotatable bonds is 4. The van der Waals surface area contributed by atoms with Crippen LogP contribution in [0.3, 0.4) is 0 Å². The number of nitriles is 1. The van der Waals surface area contributed by atoms with Gasteiger partial charge < -0.3 is 4.42 Å². The Labute approximate surface area is 88.3 Å². The van der Waals surface area contributed by atoms with Gasteiger partial charge in [-0.1, -0.05) is 0 Å². The first kappa shape index (κ1) is 11.7. The number of hydrogen-bond donors (Lipinski definition) is 1. The molecule has 1 N–H and O–H groups in total. The fourth-order valence-corrected chi connectivity index (χ4v) is 1.54. The molecule has 0 spiro atoms. The molecule has 1 heterocycles. The molecule has 0 radical (unpaired) electrons. The van der Waals surface area contributed by atoms with Gasteiger partial charge in [-0.15, -0.1) is 0 Å². The topological polar surface area (TPSA) is 86.3 Å². The van der Waals surface area contributed by atoms with Crippen LogP contribution in [0.5, 0.6) is 0 Å². The summed E-state index contributed by atoms with van der Waals surface area (Å²) in [6.07, 6.45) is 1.38. The molecule has 1 rings (SSSR count). The summed E-state index contributed by atoms with van der Waals surface area (Å²) in [5, 5.41) is 8.79. The molecule has 0 fully saturated rings. The van der Waals surface area contributed by atoms with Crippen molar-refractivity contribution in [3.8, 4) is 6.07 Å². The SMILES string of the molecule is CN(C)S(=O)(=O)NC(C#N)c1ccco1. The monoisotopic (exact) mass is 229 g/mol. The Morgan fingerprint density at radius 3 is 2.67 bits per heavy atom. The third kappa shape index (κ3) is 2.79. The molecule has 1 atom stereocenters. The third-order valence-corrected chi connectivity index (χ3v) is 3.20. The quantitative estimate of drug-likeness (QED) is 0.801. The Hall–Kier alpha value is -1.36. The van der Waals surface area contributed by atoms with Crippen LogP contribution >= 0.6 is 0 Å². The van der Waals surface area contributed by atoms with Gasteiger partial charge in [-0.3, -0.25) is 0 Å². The highest BCUT2D eigenvalue weighted by molar-refractivity contribution is 7.87. The molecule has 1 aromatic heterocycles. The van der Waals surface area contributed by atoms with Crippen molar-refractivity contribution in [2.45, 2.75) is 6.04 Å². The second-order valence-electron chi connectivity index (χ2n) is 2.98. The second-order valence-corrected chi connectivity index (χ2v) is 4.90. The van der Waals surface area contributed by atoms with Gasteiger partial charge in [0.25, 0.3) is 10.2 Å². The van der Waals surface area contributed by atoms with Crippen LogP contribution in [0, 0.1) is 11.3 Å². The Morgan fingerprint density at radius 2 is 2.27 bits per heavy atom. The maximum Gasteiger partial charge on any atom is 0.280 e. The normalized spacial score (nSPS) is 13.7. The van der Waals surface area contributed by atoms with Crippen molar-refractivity contribution in [3.05, 3.63) is 24.2 Å². The Bertz CT molecular complexity index is 444. The van der Waals surface area contributed by atoms with Crippen molar-refractivity contribution in [3.63, 3.8) is 0 Å². The molecule has 0 amide bonds. The molecule has 7 heteroatoms. The van der Waals surface area contributed by atoms with Crippen LogP contribution in [0.4, 0.5) is 0 Å². The number of hydrogen-bond acceptors (Lipinski definition) is 4. The van der Waals surface area contributed by atoms with E-state index in [0.717, 1.165) is 4.31 Å². The molecule has 0 aromatic carbocycles. The molecule has 6 nitrogen and oxygen atoms in total. The summed E-state index contributed by atoms with van der Waals surface area (Å²) in [6.45, 7) is 0. The molecule has 1 aromatic rings. The zero-order chi connectivity index (χ0) is 11.5. The van der Waals surface area contributed by atoms with Gasteiger partial charge in [0.2, 0.25) is 0 Å². The Balaban J connectivity index is 2.86. The highest BCUT2D eigenvalue weighted by atomic mass is 32.2. The van der Waals surface area contributed by atoms with Gasteiger partial charge in [-0.05, 0) is 12.1 Å². The fourth-order valence-electron chi connectivity index (χ4n) is 0.858. The van der Waals surface area contributed by atoms with Crippen molar-refractivity contribution in [1.29, 1.82) is 5.26 Å². The summed E-state index contributed by atoms with van der Waals surface area (Å²) in [7, 11) is -0.887. The van der Waals surface area contributed by atoms with E-state index < -0.39 is 16.3 Å². The van der Waals surface area contributed by atoms with E-state index in [1.165, 1.54) is 26.4 Å². The first-order valence-corrected chi connectivity index (χ1v) is 5.54. The van der Waals surface area contributed by atoms with E-state index in [1.54, 1.807) is 12.1 Å². The molecule has 0 aliphatic heterocycles. The first-order valence-electron chi connectivity index (χ1n) is 4.10. The third-order valence-electron chi connectivity index (χ3n) is 1.70. The Morgan fingerprint density at radius 1 is 1.60 bits per heavy atom. The smallest absolute Gasteiger partial charge is 0.280 e. The van der Waals surface area contributed by atoms with Gasteiger partial charge in [-0.25, -0.2) is 0 Å². The average Bonchev–Trinajstić information content (AvgIpc) is 2.66. The summed E-state index contributed by atoms with van der Waals surface area (Å²) in [5.74, 6) is 0.267. The minimum Gasteiger partial charge on any atom is -0.467 e. The van der Waals surface area contributed by atoms with E-state index in [-0.39, 0.29) is 5.76 Å². The standard InChI is InChI=1S/C8H11N3O3S/c1-11(2)15(12,13)10-7(6-9)8-4-3-5-14-8/h3-5,7,10H,1-2H3. The predicted octanol–water partition coefficient (Wildman–Crippen LogP) is 0.240. The molecule has 0 aliphatic rings. The lowest BCUT2D eigenvalue weighted by Crippen LogP contribution is -2.37. The number of nitrogens with zero attached hydrogens (tertiary/aromatic N) is 2. The van der Waals surface area contributed by atoms with Gasteiger partial charge in [0.1, 0.15) is 5.76 Å². The molecule has 0 bridgehead atoms. The maximum absolute atomic E-state index is 11.4. The molecule has 15 heavy (non-hydrogen) atoms. The predicted molar refractivity (Wildman–Crippen MR) is 52.8 cm³/mol. The lowest BCUT2D eigenvalue weighted by atomic mass is 10.3. The van der Waals surface area contributed by atoms with E-state index in [1.807, 2.05) is 0 Å². The minimum absolute atomic E-state index is 0.267. The van der Waals surface area contributed by atoms with Crippen molar-refractivity contribution in [2.75, 3.05) is 14.1 Å². The molecule has 0 aliphatic carbocycles. The zero-order valence-corrected chi connectivity index (χ0v) is 9.15. The molecular weight excluding hydrogens is 218 g/mol. The van der Waals surface area contributed by atoms with E-state index >= 15 is 0 Å². The van der Waals surface area contributed by atoms with Crippen LogP contribution in [0.15, 0.2) is 22.8 Å². The molecule has 82 valence electrons. The molecular formula is C8H11N3O3S. The van der Waals surface area contributed by atoms with Crippen molar-refractivity contribution < 1.29 is 12.8 Å². The summed E-state index contributed by atoms with van der Waals surface area (Å²) in [6, 6.07) is 3.92. The van der Waals surface area contributed by atoms with Gasteiger partial charge >= 0.3 is 0 Å². The largest absolute Gasteiger partial charge is 0.467 e. The van der Waals surface area contributed by atoms with Crippen LogP contribution < -0.4 is 4.72 Å². The van der Waals surface area contributed by atoms with Crippen LogP contribution in [0.25, 0.3) is 0 Å². The van der Waals surface area contributed by atoms with Crippen molar-refractivity contribution >= 4 is 10.2 Å². The van der Waals surface area contributed by atoms with Gasteiger partial charge in [0.15, 0.2) is 6.04 Å².